The lowest BCUT2D eigenvalue weighted by molar-refractivity contribution is -0.157. The summed E-state index contributed by atoms with van der Waals surface area (Å²) < 4.78 is 42.5. The lowest BCUT2D eigenvalue weighted by Gasteiger charge is -2.25. The molecule has 0 aliphatic carbocycles. The van der Waals surface area contributed by atoms with Crippen LogP contribution in [0.15, 0.2) is 12.2 Å². The fourth-order valence-corrected chi connectivity index (χ4v) is 2.14. The van der Waals surface area contributed by atoms with E-state index in [1.165, 1.54) is 0 Å². The van der Waals surface area contributed by atoms with E-state index in [0.29, 0.717) is 24.7 Å². The second kappa shape index (κ2) is 9.11. The molecular weight excluding hydrogens is 281 g/mol. The molecule has 0 N–H and O–H groups in total. The van der Waals surface area contributed by atoms with Crippen LogP contribution in [0.25, 0.3) is 0 Å². The zero-order valence-corrected chi connectivity index (χ0v) is 13.4. The van der Waals surface area contributed by atoms with E-state index in [0.717, 1.165) is 19.3 Å². The summed E-state index contributed by atoms with van der Waals surface area (Å²) in [4.78, 5) is 11.6. The predicted molar refractivity (Wildman–Crippen MR) is 77.8 cm³/mol. The summed E-state index contributed by atoms with van der Waals surface area (Å²) in [6.45, 7) is 10.9. The molecule has 0 aromatic heterocycles. The van der Waals surface area contributed by atoms with Gasteiger partial charge in [-0.05, 0) is 24.7 Å². The third-order valence-corrected chi connectivity index (χ3v) is 3.98. The highest BCUT2D eigenvalue weighted by molar-refractivity contribution is 5.89. The molecule has 2 atom stereocenters. The van der Waals surface area contributed by atoms with Gasteiger partial charge in [0.05, 0.1) is 0 Å². The number of esters is 1. The van der Waals surface area contributed by atoms with Crippen LogP contribution in [0.2, 0.25) is 0 Å². The second-order valence-electron chi connectivity index (χ2n) is 5.67. The number of carbonyl (C=O) groups is 1. The molecule has 5 heteroatoms. The summed E-state index contributed by atoms with van der Waals surface area (Å²) in [5, 5.41) is 0. The Balaban J connectivity index is 4.80. The molecule has 0 radical (unpaired) electrons. The zero-order valence-electron chi connectivity index (χ0n) is 13.4. The maximum absolute atomic E-state index is 12.5. The van der Waals surface area contributed by atoms with Crippen molar-refractivity contribution in [1.29, 1.82) is 0 Å². The van der Waals surface area contributed by atoms with Gasteiger partial charge < -0.3 is 4.74 Å². The lowest BCUT2D eigenvalue weighted by atomic mass is 9.91. The molecule has 0 amide bonds. The summed E-state index contributed by atoms with van der Waals surface area (Å²) >= 11 is 0. The van der Waals surface area contributed by atoms with Crippen LogP contribution in [0.5, 0.6) is 0 Å². The number of alkyl halides is 3. The van der Waals surface area contributed by atoms with E-state index in [2.05, 4.69) is 6.58 Å². The molecule has 2 nitrogen and oxygen atoms in total. The van der Waals surface area contributed by atoms with Crippen molar-refractivity contribution in [2.24, 2.45) is 11.8 Å². The Kier molecular flexibility index (Phi) is 8.67. The number of hydrogen-bond acceptors (Lipinski definition) is 2. The maximum atomic E-state index is 12.5. The molecule has 21 heavy (non-hydrogen) atoms. The molecule has 0 spiro atoms. The Morgan fingerprint density at radius 1 is 1.10 bits per heavy atom. The summed E-state index contributed by atoms with van der Waals surface area (Å²) in [5.74, 6) is -0.691. The second-order valence-corrected chi connectivity index (χ2v) is 5.67. The fourth-order valence-electron chi connectivity index (χ4n) is 2.14. The first-order valence-corrected chi connectivity index (χ1v) is 7.62. The van der Waals surface area contributed by atoms with Gasteiger partial charge in [0.15, 0.2) is 0 Å². The summed E-state index contributed by atoms with van der Waals surface area (Å²) in [6.07, 6.45) is -1.27. The van der Waals surface area contributed by atoms with Crippen LogP contribution >= 0.6 is 0 Å². The standard InChI is InChI=1S/C16H27F3O2/c1-6-11(4)9-14(10-13(7-2)8-3)21-15(20)12(5)16(17,18)19/h11,13-14H,5-10H2,1-4H3. The highest BCUT2D eigenvalue weighted by Crippen LogP contribution is 2.28. The van der Waals surface area contributed by atoms with Crippen molar-refractivity contribution < 1.29 is 22.7 Å². The Morgan fingerprint density at radius 2 is 1.62 bits per heavy atom. The number of halogens is 3. The highest BCUT2D eigenvalue weighted by Gasteiger charge is 2.39. The van der Waals surface area contributed by atoms with E-state index in [9.17, 15) is 18.0 Å². The largest absolute Gasteiger partial charge is 0.459 e. The third-order valence-electron chi connectivity index (χ3n) is 3.98. The molecule has 0 aromatic rings. The first-order valence-electron chi connectivity index (χ1n) is 7.62. The first kappa shape index (κ1) is 20.0. The SMILES string of the molecule is C=C(C(=O)OC(CC(C)CC)CC(CC)CC)C(F)(F)F. The quantitative estimate of drug-likeness (QED) is 0.428. The van der Waals surface area contributed by atoms with Crippen molar-refractivity contribution in [1.82, 2.24) is 0 Å². The molecule has 0 aliphatic rings. The van der Waals surface area contributed by atoms with Crippen LogP contribution in [0.1, 0.15) is 59.8 Å². The highest BCUT2D eigenvalue weighted by atomic mass is 19.4. The molecule has 0 heterocycles. The molecule has 0 aliphatic heterocycles. The molecule has 2 unspecified atom stereocenters. The van der Waals surface area contributed by atoms with Gasteiger partial charge in [0.25, 0.3) is 0 Å². The molecule has 0 saturated carbocycles. The molecule has 0 saturated heterocycles. The van der Waals surface area contributed by atoms with E-state index in [-0.39, 0.29) is 0 Å². The van der Waals surface area contributed by atoms with Crippen LogP contribution in [-0.2, 0) is 9.53 Å². The van der Waals surface area contributed by atoms with Gasteiger partial charge in [-0.2, -0.15) is 13.2 Å². The Hall–Kier alpha value is -1.00. The average molecular weight is 308 g/mol. The summed E-state index contributed by atoms with van der Waals surface area (Å²) in [7, 11) is 0. The van der Waals surface area contributed by atoms with Gasteiger partial charge in [0, 0.05) is 0 Å². The van der Waals surface area contributed by atoms with Crippen molar-refractivity contribution in [3.05, 3.63) is 12.2 Å². The van der Waals surface area contributed by atoms with Crippen molar-refractivity contribution in [2.45, 2.75) is 72.1 Å². The summed E-state index contributed by atoms with van der Waals surface area (Å²) in [5.41, 5.74) is -1.43. The monoisotopic (exact) mass is 308 g/mol. The van der Waals surface area contributed by atoms with E-state index in [4.69, 9.17) is 4.74 Å². The minimum atomic E-state index is -4.73. The van der Waals surface area contributed by atoms with Gasteiger partial charge >= 0.3 is 12.1 Å². The van der Waals surface area contributed by atoms with Crippen LogP contribution in [0.3, 0.4) is 0 Å². The number of ether oxygens (including phenoxy) is 1. The molecule has 0 rings (SSSR count). The van der Waals surface area contributed by atoms with E-state index >= 15 is 0 Å². The van der Waals surface area contributed by atoms with Crippen molar-refractivity contribution >= 4 is 5.97 Å². The lowest BCUT2D eigenvalue weighted by Crippen LogP contribution is -2.28. The zero-order chi connectivity index (χ0) is 16.6. The number of rotatable bonds is 9. The van der Waals surface area contributed by atoms with Crippen LogP contribution in [0.4, 0.5) is 13.2 Å². The van der Waals surface area contributed by atoms with Crippen molar-refractivity contribution in [3.8, 4) is 0 Å². The van der Waals surface area contributed by atoms with Crippen molar-refractivity contribution in [3.63, 3.8) is 0 Å². The minimum Gasteiger partial charge on any atom is -0.459 e. The van der Waals surface area contributed by atoms with Gasteiger partial charge in [0.2, 0.25) is 0 Å². The van der Waals surface area contributed by atoms with Gasteiger partial charge in [0.1, 0.15) is 11.7 Å². The third kappa shape index (κ3) is 7.53. The van der Waals surface area contributed by atoms with Gasteiger partial charge in [-0.3, -0.25) is 0 Å². The number of carbonyl (C=O) groups excluding carboxylic acids is 1. The Morgan fingerprint density at radius 3 is 2.00 bits per heavy atom. The van der Waals surface area contributed by atoms with E-state index in [1.54, 1.807) is 0 Å². The van der Waals surface area contributed by atoms with Crippen LogP contribution < -0.4 is 0 Å². The minimum absolute atomic E-state index is 0.302. The van der Waals surface area contributed by atoms with Gasteiger partial charge in [-0.25, -0.2) is 4.79 Å². The van der Waals surface area contributed by atoms with Gasteiger partial charge in [-0.1, -0.05) is 53.5 Å². The van der Waals surface area contributed by atoms with E-state index in [1.807, 2.05) is 27.7 Å². The predicted octanol–water partition coefficient (Wildman–Crippen LogP) is 5.28. The molecule has 0 aromatic carbocycles. The topological polar surface area (TPSA) is 26.3 Å². The Bertz CT molecular complexity index is 333. The molecule has 124 valence electrons. The van der Waals surface area contributed by atoms with E-state index < -0.39 is 23.8 Å². The number of hydrogen-bond donors (Lipinski definition) is 0. The molecule has 0 fully saturated rings. The normalized spacial score (nSPS) is 14.9. The first-order chi connectivity index (χ1) is 9.65. The summed E-state index contributed by atoms with van der Waals surface area (Å²) in [6, 6.07) is 0. The average Bonchev–Trinajstić information content (AvgIpc) is 2.42. The van der Waals surface area contributed by atoms with Crippen LogP contribution in [-0.4, -0.2) is 18.2 Å². The smallest absolute Gasteiger partial charge is 0.422 e. The van der Waals surface area contributed by atoms with Gasteiger partial charge in [-0.15, -0.1) is 0 Å². The fraction of sp³-hybridized carbons (Fsp3) is 0.812. The maximum Gasteiger partial charge on any atom is 0.422 e. The molecule has 0 bridgehead atoms. The Labute approximate surface area is 125 Å². The van der Waals surface area contributed by atoms with Crippen LogP contribution in [0, 0.1) is 11.8 Å². The van der Waals surface area contributed by atoms with Crippen molar-refractivity contribution in [2.75, 3.05) is 0 Å². The molecular formula is C16H27F3O2.